The molecule has 0 aromatic rings. The van der Waals surface area contributed by atoms with Crippen LogP contribution in [0, 0.1) is 5.92 Å². The lowest BCUT2D eigenvalue weighted by Gasteiger charge is -2.30. The van der Waals surface area contributed by atoms with Gasteiger partial charge in [0.2, 0.25) is 11.7 Å². The Bertz CT molecular complexity index is 447. The van der Waals surface area contributed by atoms with E-state index in [1.807, 2.05) is 20.8 Å². The minimum absolute atomic E-state index is 0.0489. The molecule has 22 heavy (non-hydrogen) atoms. The molecule has 2 rings (SSSR count). The third-order valence-corrected chi connectivity index (χ3v) is 4.51. The Balaban J connectivity index is 2.01. The van der Waals surface area contributed by atoms with Crippen LogP contribution in [0.1, 0.15) is 65.7 Å². The summed E-state index contributed by atoms with van der Waals surface area (Å²) in [6.07, 6.45) is 6.63. The number of likely N-dealkylation sites (tertiary alicyclic amines) is 1. The van der Waals surface area contributed by atoms with Crippen molar-refractivity contribution in [2.45, 2.75) is 77.3 Å². The maximum absolute atomic E-state index is 12.7. The summed E-state index contributed by atoms with van der Waals surface area (Å²) in [4.78, 5) is 38.8. The molecule has 2 amide bonds. The first-order chi connectivity index (χ1) is 10.3. The number of amides is 2. The first kappa shape index (κ1) is 17.0. The van der Waals surface area contributed by atoms with E-state index in [1.54, 1.807) is 4.90 Å². The first-order valence-electron chi connectivity index (χ1n) is 8.46. The van der Waals surface area contributed by atoms with Crippen molar-refractivity contribution in [3.05, 3.63) is 0 Å². The summed E-state index contributed by atoms with van der Waals surface area (Å²) in [6.45, 7) is 6.14. The first-order valence-corrected chi connectivity index (χ1v) is 8.46. The Morgan fingerprint density at radius 3 is 2.18 bits per heavy atom. The van der Waals surface area contributed by atoms with Crippen LogP contribution in [0.3, 0.4) is 0 Å². The number of hydrogen-bond acceptors (Lipinski definition) is 3. The van der Waals surface area contributed by atoms with Gasteiger partial charge in [0.15, 0.2) is 0 Å². The van der Waals surface area contributed by atoms with E-state index in [0.29, 0.717) is 13.0 Å². The Kier molecular flexibility index (Phi) is 5.24. The topological polar surface area (TPSA) is 66.5 Å². The monoisotopic (exact) mass is 308 g/mol. The number of nitrogens with zero attached hydrogens (tertiary/aromatic N) is 1. The summed E-state index contributed by atoms with van der Waals surface area (Å²) >= 11 is 0. The molecule has 0 aromatic heterocycles. The summed E-state index contributed by atoms with van der Waals surface area (Å²) in [6, 6.07) is -0.559. The van der Waals surface area contributed by atoms with Gasteiger partial charge < -0.3 is 10.2 Å². The van der Waals surface area contributed by atoms with Crippen LogP contribution in [-0.4, -0.2) is 40.6 Å². The second-order valence-electron chi connectivity index (χ2n) is 7.59. The maximum Gasteiger partial charge on any atom is 0.290 e. The largest absolute Gasteiger partial charge is 0.345 e. The molecule has 1 heterocycles. The average Bonchev–Trinajstić information content (AvgIpc) is 2.94. The molecule has 0 unspecified atom stereocenters. The lowest BCUT2D eigenvalue weighted by atomic mass is 9.88. The molecule has 1 saturated heterocycles. The van der Waals surface area contributed by atoms with E-state index in [9.17, 15) is 14.4 Å². The molecule has 1 aliphatic carbocycles. The predicted molar refractivity (Wildman–Crippen MR) is 84.2 cm³/mol. The number of hydrogen-bond donors (Lipinski definition) is 1. The Hall–Kier alpha value is -1.39. The molecule has 1 N–H and O–H groups in total. The maximum atomic E-state index is 12.7. The van der Waals surface area contributed by atoms with Crippen molar-refractivity contribution in [2.75, 3.05) is 6.54 Å². The van der Waals surface area contributed by atoms with Gasteiger partial charge in [0.25, 0.3) is 5.91 Å². The van der Waals surface area contributed by atoms with Gasteiger partial charge in [-0.2, -0.15) is 0 Å². The third-order valence-electron chi connectivity index (χ3n) is 4.51. The highest BCUT2D eigenvalue weighted by molar-refractivity contribution is 6.38. The van der Waals surface area contributed by atoms with E-state index in [0.717, 1.165) is 32.1 Å². The third kappa shape index (κ3) is 4.08. The molecule has 0 spiro atoms. The Morgan fingerprint density at radius 1 is 0.955 bits per heavy atom. The van der Waals surface area contributed by atoms with E-state index in [4.69, 9.17) is 0 Å². The van der Waals surface area contributed by atoms with Gasteiger partial charge in [0.1, 0.15) is 6.04 Å². The highest BCUT2D eigenvalue weighted by Gasteiger charge is 2.40. The fourth-order valence-electron chi connectivity index (χ4n) is 3.44. The highest BCUT2D eigenvalue weighted by Crippen LogP contribution is 2.29. The van der Waals surface area contributed by atoms with Crippen molar-refractivity contribution in [3.63, 3.8) is 0 Å². The SMILES string of the molecule is CC(C)(C)NC(=O)C(=O)[C@@H]1CCCN1C(=O)C1CCCCC1. The lowest BCUT2D eigenvalue weighted by molar-refractivity contribution is -0.146. The molecule has 5 heteroatoms. The zero-order valence-corrected chi connectivity index (χ0v) is 14.0. The highest BCUT2D eigenvalue weighted by atomic mass is 16.2. The number of Topliss-reactive ketones (excluding diaryl/α,β-unsaturated/α-hetero) is 1. The van der Waals surface area contributed by atoms with Crippen molar-refractivity contribution >= 4 is 17.6 Å². The van der Waals surface area contributed by atoms with Gasteiger partial charge in [-0.3, -0.25) is 14.4 Å². The Labute approximate surface area is 132 Å². The molecule has 2 aliphatic rings. The molecule has 1 aliphatic heterocycles. The lowest BCUT2D eigenvalue weighted by Crippen LogP contribution is -2.52. The molecule has 0 aromatic carbocycles. The number of carbonyl (C=O) groups excluding carboxylic acids is 3. The smallest absolute Gasteiger partial charge is 0.290 e. The molecule has 5 nitrogen and oxygen atoms in total. The normalized spacial score (nSPS) is 23.4. The molecule has 0 bridgehead atoms. The number of carbonyl (C=O) groups is 3. The zero-order chi connectivity index (χ0) is 16.3. The standard InChI is InChI=1S/C17H28N2O3/c1-17(2,3)18-15(21)14(20)13-10-7-11-19(13)16(22)12-8-5-4-6-9-12/h12-13H,4-11H2,1-3H3,(H,18,21)/t13-/m0/s1. The van der Waals surface area contributed by atoms with Gasteiger partial charge >= 0.3 is 0 Å². The van der Waals surface area contributed by atoms with Crippen molar-refractivity contribution in [2.24, 2.45) is 5.92 Å². The van der Waals surface area contributed by atoms with Gasteiger partial charge in [-0.25, -0.2) is 0 Å². The molecule has 0 radical (unpaired) electrons. The fraction of sp³-hybridized carbons (Fsp3) is 0.824. The van der Waals surface area contributed by atoms with Crippen molar-refractivity contribution in [3.8, 4) is 0 Å². The van der Waals surface area contributed by atoms with Crippen molar-refractivity contribution in [1.29, 1.82) is 0 Å². The number of nitrogens with one attached hydrogen (secondary N) is 1. The van der Waals surface area contributed by atoms with Crippen LogP contribution in [0.5, 0.6) is 0 Å². The van der Waals surface area contributed by atoms with Crippen molar-refractivity contribution < 1.29 is 14.4 Å². The molecule has 1 atom stereocenters. The quantitative estimate of drug-likeness (QED) is 0.811. The molecule has 124 valence electrons. The van der Waals surface area contributed by atoms with Crippen LogP contribution in [0.25, 0.3) is 0 Å². The summed E-state index contributed by atoms with van der Waals surface area (Å²) < 4.78 is 0. The van der Waals surface area contributed by atoms with E-state index in [2.05, 4.69) is 5.32 Å². The minimum Gasteiger partial charge on any atom is -0.345 e. The Morgan fingerprint density at radius 2 is 1.59 bits per heavy atom. The average molecular weight is 308 g/mol. The van der Waals surface area contributed by atoms with Crippen LogP contribution in [0.15, 0.2) is 0 Å². The minimum atomic E-state index is -0.569. The van der Waals surface area contributed by atoms with Crippen LogP contribution < -0.4 is 5.32 Å². The summed E-state index contributed by atoms with van der Waals surface area (Å²) in [5.41, 5.74) is -0.441. The van der Waals surface area contributed by atoms with E-state index >= 15 is 0 Å². The molecular formula is C17H28N2O3. The fourth-order valence-corrected chi connectivity index (χ4v) is 3.44. The van der Waals surface area contributed by atoms with Crippen LogP contribution in [0.4, 0.5) is 0 Å². The van der Waals surface area contributed by atoms with Crippen LogP contribution >= 0.6 is 0 Å². The zero-order valence-electron chi connectivity index (χ0n) is 14.0. The molecular weight excluding hydrogens is 280 g/mol. The molecule has 2 fully saturated rings. The summed E-state index contributed by atoms with van der Waals surface area (Å²) in [5, 5.41) is 2.71. The van der Waals surface area contributed by atoms with Gasteiger partial charge in [-0.1, -0.05) is 19.3 Å². The van der Waals surface area contributed by atoms with Gasteiger partial charge in [0.05, 0.1) is 0 Å². The second kappa shape index (κ2) is 6.80. The van der Waals surface area contributed by atoms with Gasteiger partial charge in [-0.05, 0) is 46.5 Å². The van der Waals surface area contributed by atoms with Gasteiger partial charge in [-0.15, -0.1) is 0 Å². The van der Waals surface area contributed by atoms with E-state index in [1.165, 1.54) is 6.42 Å². The molecule has 1 saturated carbocycles. The van der Waals surface area contributed by atoms with Gasteiger partial charge in [0, 0.05) is 18.0 Å². The second-order valence-corrected chi connectivity index (χ2v) is 7.59. The van der Waals surface area contributed by atoms with E-state index in [-0.39, 0.29) is 11.8 Å². The van der Waals surface area contributed by atoms with Crippen LogP contribution in [-0.2, 0) is 14.4 Å². The van der Waals surface area contributed by atoms with Crippen LogP contribution in [0.2, 0.25) is 0 Å². The summed E-state index contributed by atoms with van der Waals surface area (Å²) in [7, 11) is 0. The predicted octanol–water partition coefficient (Wildman–Crippen LogP) is 2.04. The number of ketones is 1. The van der Waals surface area contributed by atoms with E-state index < -0.39 is 23.3 Å². The van der Waals surface area contributed by atoms with Crippen molar-refractivity contribution in [1.82, 2.24) is 10.2 Å². The summed E-state index contributed by atoms with van der Waals surface area (Å²) in [5.74, 6) is -0.899. The number of rotatable bonds is 3.